The SMILES string of the molecule is CN(C)c1ccc(/C=C(\C#N)C(=O)NCCO)cc1.CN(C)c1ccc(C=O)cc1.C[O-].N#CCC(=O)NCCO.[Na+]. The van der Waals surface area contributed by atoms with Crippen LogP contribution in [0, 0.1) is 22.7 Å². The maximum atomic E-state index is 11.6. The number of carbonyl (C=O) groups is 3. The van der Waals surface area contributed by atoms with Crippen LogP contribution in [-0.4, -0.2) is 89.9 Å². The van der Waals surface area contributed by atoms with Crippen LogP contribution >= 0.6 is 0 Å². The Balaban J connectivity index is -0.000000565. The van der Waals surface area contributed by atoms with Gasteiger partial charge in [0.25, 0.3) is 5.91 Å². The van der Waals surface area contributed by atoms with Crippen molar-refractivity contribution in [3.05, 3.63) is 65.2 Å². The summed E-state index contributed by atoms with van der Waals surface area (Å²) in [4.78, 5) is 36.2. The van der Waals surface area contributed by atoms with Gasteiger partial charge in [-0.05, 0) is 48.0 Å². The Labute approximate surface area is 270 Å². The first-order valence-electron chi connectivity index (χ1n) is 12.3. The van der Waals surface area contributed by atoms with Crippen molar-refractivity contribution in [2.45, 2.75) is 6.42 Å². The predicted molar refractivity (Wildman–Crippen MR) is 157 cm³/mol. The molecule has 0 heterocycles. The molecule has 2 rings (SSSR count). The molecule has 42 heavy (non-hydrogen) atoms. The van der Waals surface area contributed by atoms with Crippen molar-refractivity contribution >= 4 is 35.6 Å². The summed E-state index contributed by atoms with van der Waals surface area (Å²) < 4.78 is 0. The van der Waals surface area contributed by atoms with E-state index in [0.717, 1.165) is 35.9 Å². The molecule has 0 atom stereocenters. The Kier molecular flexibility index (Phi) is 27.9. The third kappa shape index (κ3) is 20.2. The molecule has 2 amide bonds. The Morgan fingerprint density at radius 1 is 0.833 bits per heavy atom. The summed E-state index contributed by atoms with van der Waals surface area (Å²) in [6, 6.07) is 18.5. The van der Waals surface area contributed by atoms with Crippen molar-refractivity contribution in [3.63, 3.8) is 0 Å². The van der Waals surface area contributed by atoms with Gasteiger partial charge in [-0.1, -0.05) is 12.1 Å². The van der Waals surface area contributed by atoms with Crippen LogP contribution in [0.15, 0.2) is 54.1 Å². The number of benzene rings is 2. The monoisotopic (exact) mass is 590 g/mol. The molecule has 0 aromatic heterocycles. The van der Waals surface area contributed by atoms with E-state index in [1.165, 1.54) is 6.08 Å². The Morgan fingerprint density at radius 2 is 1.26 bits per heavy atom. The third-order valence-corrected chi connectivity index (χ3v) is 4.70. The van der Waals surface area contributed by atoms with Crippen LogP contribution in [0.4, 0.5) is 11.4 Å². The molecule has 2 aromatic carbocycles. The average molecular weight is 591 g/mol. The topological polar surface area (TPSA) is 193 Å². The van der Waals surface area contributed by atoms with Gasteiger partial charge in [-0.3, -0.25) is 14.4 Å². The second kappa shape index (κ2) is 27.4. The zero-order chi connectivity index (χ0) is 31.6. The summed E-state index contributed by atoms with van der Waals surface area (Å²) in [6.45, 7) is 0.122. The van der Waals surface area contributed by atoms with Gasteiger partial charge in [0.2, 0.25) is 5.91 Å². The van der Waals surface area contributed by atoms with Gasteiger partial charge < -0.3 is 35.8 Å². The van der Waals surface area contributed by atoms with Gasteiger partial charge in [-0.15, -0.1) is 0 Å². The number of nitriles is 2. The first kappa shape index (κ1) is 42.7. The van der Waals surface area contributed by atoms with E-state index in [4.69, 9.17) is 25.8 Å². The van der Waals surface area contributed by atoms with E-state index >= 15 is 0 Å². The molecule has 0 radical (unpaired) electrons. The Bertz CT molecular complexity index is 1140. The zero-order valence-electron chi connectivity index (χ0n) is 25.1. The van der Waals surface area contributed by atoms with Crippen LogP contribution < -0.4 is 55.1 Å². The van der Waals surface area contributed by atoms with Gasteiger partial charge in [0.05, 0.1) is 19.3 Å². The van der Waals surface area contributed by atoms with Gasteiger partial charge >= 0.3 is 29.6 Å². The summed E-state index contributed by atoms with van der Waals surface area (Å²) in [7, 11) is 8.56. The Morgan fingerprint density at radius 3 is 1.62 bits per heavy atom. The fourth-order valence-corrected chi connectivity index (χ4v) is 2.63. The molecular formula is C29H39N6NaO6. The minimum absolute atomic E-state index is 0. The first-order valence-corrected chi connectivity index (χ1v) is 12.3. The largest absolute Gasteiger partial charge is 1.00 e. The molecule has 12 nitrogen and oxygen atoms in total. The van der Waals surface area contributed by atoms with Crippen molar-refractivity contribution < 1.29 is 59.3 Å². The van der Waals surface area contributed by atoms with Crippen LogP contribution in [0.5, 0.6) is 0 Å². The number of nitrogens with zero attached hydrogens (tertiary/aromatic N) is 4. The molecule has 0 saturated carbocycles. The van der Waals surface area contributed by atoms with Gasteiger partial charge in [-0.2, -0.15) is 17.6 Å². The van der Waals surface area contributed by atoms with Gasteiger partial charge in [0.15, 0.2) is 0 Å². The summed E-state index contributed by atoms with van der Waals surface area (Å²) in [5.41, 5.74) is 3.67. The predicted octanol–water partition coefficient (Wildman–Crippen LogP) is -2.68. The van der Waals surface area contributed by atoms with E-state index in [-0.39, 0.29) is 73.8 Å². The number of hydrogen-bond donors (Lipinski definition) is 4. The molecule has 2 aromatic rings. The van der Waals surface area contributed by atoms with Crippen molar-refractivity contribution in [2.24, 2.45) is 0 Å². The minimum Gasteiger partial charge on any atom is -0.857 e. The van der Waals surface area contributed by atoms with Crippen molar-refractivity contribution in [1.82, 2.24) is 10.6 Å². The Hall–Kier alpha value is -3.75. The molecule has 13 heteroatoms. The van der Waals surface area contributed by atoms with E-state index in [9.17, 15) is 14.4 Å². The zero-order valence-corrected chi connectivity index (χ0v) is 27.1. The van der Waals surface area contributed by atoms with Crippen LogP contribution in [-0.2, 0) is 9.59 Å². The summed E-state index contributed by atoms with van der Waals surface area (Å²) in [5, 5.41) is 46.7. The molecular weight excluding hydrogens is 551 g/mol. The number of aliphatic hydroxyl groups is 2. The number of rotatable bonds is 10. The molecule has 0 bridgehead atoms. The van der Waals surface area contributed by atoms with E-state index in [1.54, 1.807) is 6.07 Å². The van der Waals surface area contributed by atoms with Crippen molar-refractivity contribution in [1.29, 1.82) is 10.5 Å². The normalized spacial score (nSPS) is 9.14. The molecule has 0 aliphatic carbocycles. The van der Waals surface area contributed by atoms with E-state index in [0.29, 0.717) is 0 Å². The maximum absolute atomic E-state index is 11.6. The summed E-state index contributed by atoms with van der Waals surface area (Å²) >= 11 is 0. The fourth-order valence-electron chi connectivity index (χ4n) is 2.63. The molecule has 0 saturated heterocycles. The average Bonchev–Trinajstić information content (AvgIpc) is 2.99. The summed E-state index contributed by atoms with van der Waals surface area (Å²) in [6.07, 6.45) is 2.23. The van der Waals surface area contributed by atoms with Crippen molar-refractivity contribution in [3.8, 4) is 12.1 Å². The molecule has 0 aliphatic heterocycles. The van der Waals surface area contributed by atoms with Crippen LogP contribution in [0.25, 0.3) is 6.08 Å². The van der Waals surface area contributed by atoms with Crippen molar-refractivity contribution in [2.75, 3.05) is 71.4 Å². The first-order chi connectivity index (χ1) is 19.6. The van der Waals surface area contributed by atoms with Gasteiger partial charge in [-0.25, -0.2) is 0 Å². The quantitative estimate of drug-likeness (QED) is 0.0981. The molecule has 0 spiro atoms. The molecule has 0 aliphatic rings. The van der Waals surface area contributed by atoms with E-state index < -0.39 is 5.91 Å². The maximum Gasteiger partial charge on any atom is 1.00 e. The minimum atomic E-state index is -0.478. The smallest absolute Gasteiger partial charge is 0.857 e. The number of carbonyl (C=O) groups excluding carboxylic acids is 3. The van der Waals surface area contributed by atoms with Gasteiger partial charge in [0, 0.05) is 58.2 Å². The third-order valence-electron chi connectivity index (χ3n) is 4.70. The van der Waals surface area contributed by atoms with Crippen LogP contribution in [0.3, 0.4) is 0 Å². The molecule has 4 N–H and O–H groups in total. The van der Waals surface area contributed by atoms with Gasteiger partial charge in [0.1, 0.15) is 24.3 Å². The fraction of sp³-hybridized carbons (Fsp3) is 0.345. The number of nitrogens with one attached hydrogen (secondary N) is 2. The number of anilines is 2. The number of amides is 2. The summed E-state index contributed by atoms with van der Waals surface area (Å²) in [5.74, 6) is -0.820. The number of aliphatic hydroxyl groups excluding tert-OH is 2. The number of aldehydes is 1. The molecule has 222 valence electrons. The van der Waals surface area contributed by atoms with Crippen LogP contribution in [0.1, 0.15) is 22.3 Å². The second-order valence-corrected chi connectivity index (χ2v) is 8.15. The number of hydrogen-bond acceptors (Lipinski definition) is 10. The van der Waals surface area contributed by atoms with E-state index in [2.05, 4.69) is 10.6 Å². The van der Waals surface area contributed by atoms with Crippen LogP contribution in [0.2, 0.25) is 0 Å². The van der Waals surface area contributed by atoms with E-state index in [1.807, 2.05) is 92.6 Å². The molecule has 0 fully saturated rings. The standard InChI is InChI=1S/C14H17N3O2.C9H11NO.C5H8N2O2.CH3O.Na/c1-17(2)13-5-3-11(4-6-13)9-12(10-15)14(19)16-7-8-18;1-10(2)9-5-3-8(7-11)4-6-9;6-2-1-5(9)7-3-4-8;1-2;/h3-6,9,18H,7-8H2,1-2H3,(H,16,19);3-7H,1-2H3;8H,1,3-4H2,(H,7,9);1H3;/q;;;-1;+1/b12-9+;;;;. The second-order valence-electron chi connectivity index (χ2n) is 8.15. The molecule has 0 unspecified atom stereocenters.